The van der Waals surface area contributed by atoms with Crippen LogP contribution in [0.2, 0.25) is 0 Å². The molecule has 0 amide bonds. The van der Waals surface area contributed by atoms with Crippen LogP contribution in [0.1, 0.15) is 30.1 Å². The van der Waals surface area contributed by atoms with Gasteiger partial charge < -0.3 is 9.84 Å². The highest BCUT2D eigenvalue weighted by atomic mass is 16.5. The van der Waals surface area contributed by atoms with E-state index in [0.717, 1.165) is 12.8 Å². The molecule has 1 aromatic carbocycles. The van der Waals surface area contributed by atoms with Crippen LogP contribution in [0.3, 0.4) is 0 Å². The second-order valence-corrected chi connectivity index (χ2v) is 3.11. The molecule has 0 spiro atoms. The molecule has 0 aliphatic carbocycles. The fourth-order valence-electron chi connectivity index (χ4n) is 1.04. The van der Waals surface area contributed by atoms with E-state index in [9.17, 15) is 4.79 Å². The summed E-state index contributed by atoms with van der Waals surface area (Å²) in [7, 11) is 0. The summed E-state index contributed by atoms with van der Waals surface area (Å²) in [6.45, 7) is 2.09. The van der Waals surface area contributed by atoms with E-state index in [-0.39, 0.29) is 5.56 Å². The normalized spacial score (nSPS) is 10.5. The van der Waals surface area contributed by atoms with Gasteiger partial charge >= 0.3 is 5.97 Å². The van der Waals surface area contributed by atoms with Gasteiger partial charge in [0.25, 0.3) is 0 Å². The van der Waals surface area contributed by atoms with Crippen LogP contribution in [-0.4, -0.2) is 11.1 Å². The highest BCUT2D eigenvalue weighted by Gasteiger charge is 2.00. The molecule has 3 heteroatoms. The number of hydrogen-bond acceptors (Lipinski definition) is 2. The van der Waals surface area contributed by atoms with Crippen LogP contribution in [0.15, 0.2) is 36.6 Å². The molecule has 1 N–H and O–H groups in total. The van der Waals surface area contributed by atoms with Crippen LogP contribution < -0.4 is 4.74 Å². The fraction of sp³-hybridized carbons (Fsp3) is 0.250. The monoisotopic (exact) mass is 206 g/mol. The van der Waals surface area contributed by atoms with Crippen LogP contribution in [0, 0.1) is 0 Å². The molecule has 0 aliphatic heterocycles. The van der Waals surface area contributed by atoms with E-state index >= 15 is 0 Å². The van der Waals surface area contributed by atoms with Crippen LogP contribution in [-0.2, 0) is 0 Å². The number of carboxylic acid groups (broad SMARTS) is 1. The summed E-state index contributed by atoms with van der Waals surface area (Å²) < 4.78 is 5.27. The molecule has 0 atom stereocenters. The van der Waals surface area contributed by atoms with Crippen molar-refractivity contribution >= 4 is 5.97 Å². The van der Waals surface area contributed by atoms with E-state index in [1.807, 2.05) is 6.08 Å². The van der Waals surface area contributed by atoms with Crippen LogP contribution in [0.25, 0.3) is 0 Å². The van der Waals surface area contributed by atoms with Crippen molar-refractivity contribution in [1.82, 2.24) is 0 Å². The Morgan fingerprint density at radius 1 is 1.40 bits per heavy atom. The summed E-state index contributed by atoms with van der Waals surface area (Å²) in [5, 5.41) is 8.67. The van der Waals surface area contributed by atoms with Crippen LogP contribution in [0.5, 0.6) is 5.75 Å². The predicted octanol–water partition coefficient (Wildman–Crippen LogP) is 3.08. The zero-order chi connectivity index (χ0) is 11.1. The quantitative estimate of drug-likeness (QED) is 0.753. The molecule has 0 aliphatic rings. The molecule has 0 bridgehead atoms. The van der Waals surface area contributed by atoms with Crippen molar-refractivity contribution in [2.24, 2.45) is 0 Å². The summed E-state index contributed by atoms with van der Waals surface area (Å²) in [6, 6.07) is 6.32. The Morgan fingerprint density at radius 2 is 2.07 bits per heavy atom. The molecule has 1 rings (SSSR count). The van der Waals surface area contributed by atoms with Crippen molar-refractivity contribution in [3.8, 4) is 5.75 Å². The maximum atomic E-state index is 10.6. The zero-order valence-corrected chi connectivity index (χ0v) is 8.64. The van der Waals surface area contributed by atoms with Gasteiger partial charge in [-0.2, -0.15) is 0 Å². The van der Waals surface area contributed by atoms with Gasteiger partial charge in [0, 0.05) is 0 Å². The second-order valence-electron chi connectivity index (χ2n) is 3.11. The lowest BCUT2D eigenvalue weighted by Crippen LogP contribution is -1.95. The molecule has 0 saturated carbocycles. The summed E-state index contributed by atoms with van der Waals surface area (Å²) in [5.41, 5.74) is 0.264. The van der Waals surface area contributed by atoms with Gasteiger partial charge in [-0.25, -0.2) is 4.79 Å². The number of aromatic carboxylic acids is 1. The molecule has 0 aromatic heterocycles. The van der Waals surface area contributed by atoms with Gasteiger partial charge in [-0.05, 0) is 36.8 Å². The Kier molecular flexibility index (Phi) is 4.41. The Hall–Kier alpha value is -1.77. The molecule has 0 fully saturated rings. The van der Waals surface area contributed by atoms with Gasteiger partial charge in [0.2, 0.25) is 0 Å². The van der Waals surface area contributed by atoms with Crippen molar-refractivity contribution in [2.45, 2.75) is 19.8 Å². The number of unbranched alkanes of at least 4 members (excludes halogenated alkanes) is 1. The van der Waals surface area contributed by atoms with E-state index in [0.29, 0.717) is 5.75 Å². The lowest BCUT2D eigenvalue weighted by atomic mass is 10.2. The minimum Gasteiger partial charge on any atom is -0.478 e. The van der Waals surface area contributed by atoms with Crippen molar-refractivity contribution in [3.63, 3.8) is 0 Å². The molecule has 0 radical (unpaired) electrons. The third-order valence-corrected chi connectivity index (χ3v) is 1.86. The first-order chi connectivity index (χ1) is 7.24. The molecule has 3 nitrogen and oxygen atoms in total. The first-order valence-electron chi connectivity index (χ1n) is 4.89. The number of hydrogen-bond donors (Lipinski definition) is 1. The third-order valence-electron chi connectivity index (χ3n) is 1.86. The van der Waals surface area contributed by atoms with Gasteiger partial charge in [0.15, 0.2) is 0 Å². The Balaban J connectivity index is 2.53. The summed E-state index contributed by atoms with van der Waals surface area (Å²) in [6.07, 6.45) is 5.62. The van der Waals surface area contributed by atoms with Gasteiger partial charge in [0.1, 0.15) is 5.75 Å². The third kappa shape index (κ3) is 3.85. The summed E-state index contributed by atoms with van der Waals surface area (Å²) >= 11 is 0. The average molecular weight is 206 g/mol. The molecule has 15 heavy (non-hydrogen) atoms. The van der Waals surface area contributed by atoms with E-state index in [1.54, 1.807) is 18.4 Å². The Morgan fingerprint density at radius 3 is 2.60 bits per heavy atom. The zero-order valence-electron chi connectivity index (χ0n) is 8.64. The molecule has 0 saturated heterocycles. The molecule has 0 heterocycles. The van der Waals surface area contributed by atoms with Gasteiger partial charge in [0.05, 0.1) is 11.8 Å². The maximum absolute atomic E-state index is 10.6. The molecular weight excluding hydrogens is 192 g/mol. The standard InChI is InChI=1S/C12H14O3/c1-2-3-4-9-15-11-7-5-10(6-8-11)12(13)14/h4-9H,2-3H2,1H3,(H,13,14)/b9-4+. The number of benzene rings is 1. The van der Waals surface area contributed by atoms with E-state index in [1.165, 1.54) is 12.1 Å². The highest BCUT2D eigenvalue weighted by molar-refractivity contribution is 5.87. The second kappa shape index (κ2) is 5.86. The van der Waals surface area contributed by atoms with E-state index < -0.39 is 5.97 Å². The molecule has 0 unspecified atom stereocenters. The molecule has 80 valence electrons. The van der Waals surface area contributed by atoms with Gasteiger partial charge in [-0.1, -0.05) is 13.3 Å². The van der Waals surface area contributed by atoms with E-state index in [2.05, 4.69) is 6.92 Å². The number of carbonyl (C=O) groups is 1. The Labute approximate surface area is 89.0 Å². The predicted molar refractivity (Wildman–Crippen MR) is 58.1 cm³/mol. The molecular formula is C12H14O3. The number of rotatable bonds is 5. The van der Waals surface area contributed by atoms with Crippen LogP contribution in [0.4, 0.5) is 0 Å². The molecule has 1 aromatic rings. The largest absolute Gasteiger partial charge is 0.478 e. The van der Waals surface area contributed by atoms with Crippen molar-refractivity contribution in [1.29, 1.82) is 0 Å². The van der Waals surface area contributed by atoms with Crippen molar-refractivity contribution < 1.29 is 14.6 Å². The van der Waals surface area contributed by atoms with Crippen LogP contribution >= 0.6 is 0 Å². The minimum atomic E-state index is -0.928. The van der Waals surface area contributed by atoms with Gasteiger partial charge in [-0.3, -0.25) is 0 Å². The number of carboxylic acids is 1. The lowest BCUT2D eigenvalue weighted by Gasteiger charge is -2.00. The number of allylic oxidation sites excluding steroid dienone is 1. The summed E-state index contributed by atoms with van der Waals surface area (Å²) in [4.78, 5) is 10.6. The van der Waals surface area contributed by atoms with Gasteiger partial charge in [-0.15, -0.1) is 0 Å². The summed E-state index contributed by atoms with van der Waals surface area (Å²) in [5.74, 6) is -0.282. The Bertz CT molecular complexity index is 338. The maximum Gasteiger partial charge on any atom is 0.335 e. The first-order valence-corrected chi connectivity index (χ1v) is 4.89. The first kappa shape index (κ1) is 11.3. The van der Waals surface area contributed by atoms with E-state index in [4.69, 9.17) is 9.84 Å². The van der Waals surface area contributed by atoms with Crippen molar-refractivity contribution in [3.05, 3.63) is 42.2 Å². The SMILES string of the molecule is CCC/C=C/Oc1ccc(C(=O)O)cc1. The minimum absolute atomic E-state index is 0.264. The van der Waals surface area contributed by atoms with Crippen molar-refractivity contribution in [2.75, 3.05) is 0 Å². The number of ether oxygens (including phenoxy) is 1. The lowest BCUT2D eigenvalue weighted by molar-refractivity contribution is 0.0697. The highest BCUT2D eigenvalue weighted by Crippen LogP contribution is 2.12. The topological polar surface area (TPSA) is 46.5 Å². The average Bonchev–Trinajstić information content (AvgIpc) is 2.25. The fourth-order valence-corrected chi connectivity index (χ4v) is 1.04. The smallest absolute Gasteiger partial charge is 0.335 e.